The smallest absolute Gasteiger partial charge is 0.460 e. The summed E-state index contributed by atoms with van der Waals surface area (Å²) in [6.07, 6.45) is 5.72. The van der Waals surface area contributed by atoms with E-state index in [1.807, 2.05) is 31.2 Å². The van der Waals surface area contributed by atoms with E-state index >= 15 is 0 Å². The molecule has 0 amide bonds. The van der Waals surface area contributed by atoms with Crippen molar-refractivity contribution in [1.82, 2.24) is 5.32 Å². The Morgan fingerprint density at radius 3 is 2.69 bits per heavy atom. The van der Waals surface area contributed by atoms with Crippen molar-refractivity contribution in [3.8, 4) is 0 Å². The summed E-state index contributed by atoms with van der Waals surface area (Å²) in [5, 5.41) is 29.0. The zero-order valence-corrected chi connectivity index (χ0v) is 25.6. The predicted octanol–water partition coefficient (Wildman–Crippen LogP) is 3.30. The number of carbonyl (C=O) groups excluding carboxylic acids is 2. The zero-order valence-electron chi connectivity index (χ0n) is 25.6. The van der Waals surface area contributed by atoms with Crippen LogP contribution in [0.15, 0.2) is 30.9 Å². The van der Waals surface area contributed by atoms with Gasteiger partial charge >= 0.3 is 13.1 Å². The monoisotopic (exact) mass is 578 g/mol. The third kappa shape index (κ3) is 4.33. The van der Waals surface area contributed by atoms with Crippen LogP contribution >= 0.6 is 0 Å². The van der Waals surface area contributed by atoms with Gasteiger partial charge in [0.05, 0.1) is 11.7 Å². The standard InChI is InChI=1S/C33H47BN2O6/c1-6-30(4)18-26(31(5)20(2)9-11-32(21(3)29(30)39)12-10-25(37)28(31)32)41-27(38)19-36-22-7-8-23-24(17-22)34(40)42-33(23)13-15-35-16-14-33/h6-8,17,20-21,26,28-29,35-36,39-40H,1,9-16,18-19H2,2-5H3/t20-,21+,26-,28+,29+,30-,31+,32+/m1/s1. The molecule has 1 aromatic carbocycles. The molecule has 4 N–H and O–H groups in total. The van der Waals surface area contributed by atoms with E-state index in [1.165, 1.54) is 0 Å². The first kappa shape index (κ1) is 29.9. The van der Waals surface area contributed by atoms with Gasteiger partial charge in [-0.2, -0.15) is 0 Å². The number of hydrogen-bond acceptors (Lipinski definition) is 8. The second kappa shape index (κ2) is 10.5. The lowest BCUT2D eigenvalue weighted by molar-refractivity contribution is -0.205. The highest BCUT2D eigenvalue weighted by atomic mass is 16.5. The third-order valence-corrected chi connectivity index (χ3v) is 12.6. The van der Waals surface area contributed by atoms with Crippen molar-refractivity contribution in [3.05, 3.63) is 36.4 Å². The molecule has 0 unspecified atom stereocenters. The minimum absolute atomic E-state index is 0.0563. The topological polar surface area (TPSA) is 117 Å². The molecule has 2 heterocycles. The maximum Gasteiger partial charge on any atom is 0.492 e. The number of piperidine rings is 1. The van der Waals surface area contributed by atoms with Crippen LogP contribution in [0.2, 0.25) is 0 Å². The fourth-order valence-electron chi connectivity index (χ4n) is 9.73. The van der Waals surface area contributed by atoms with Crippen molar-refractivity contribution >= 4 is 30.0 Å². The molecule has 2 bridgehead atoms. The molecule has 9 heteroatoms. The molecule has 1 aromatic rings. The summed E-state index contributed by atoms with van der Waals surface area (Å²) >= 11 is 0. The number of hydrogen-bond donors (Lipinski definition) is 4. The Kier molecular flexibility index (Phi) is 7.44. The van der Waals surface area contributed by atoms with Gasteiger partial charge in [-0.15, -0.1) is 6.58 Å². The predicted molar refractivity (Wildman–Crippen MR) is 162 cm³/mol. The van der Waals surface area contributed by atoms with Crippen molar-refractivity contribution < 1.29 is 29.1 Å². The molecule has 5 aliphatic rings. The van der Waals surface area contributed by atoms with E-state index in [0.29, 0.717) is 18.5 Å². The lowest BCUT2D eigenvalue weighted by Crippen LogP contribution is -2.63. The number of fused-ring (bicyclic) bond motifs is 2. The van der Waals surface area contributed by atoms with Crippen LogP contribution in [0.3, 0.4) is 0 Å². The van der Waals surface area contributed by atoms with Crippen molar-refractivity contribution in [2.24, 2.45) is 34.0 Å². The molecule has 8 atom stereocenters. The second-order valence-corrected chi connectivity index (χ2v) is 14.4. The van der Waals surface area contributed by atoms with Crippen LogP contribution in [-0.4, -0.2) is 60.8 Å². The van der Waals surface area contributed by atoms with E-state index in [9.17, 15) is 19.7 Å². The average Bonchev–Trinajstić information content (AvgIpc) is 3.47. The number of Topliss-reactive ketones (excluding diaryl/α,β-unsaturated/α-hetero) is 1. The summed E-state index contributed by atoms with van der Waals surface area (Å²) in [7, 11) is -0.996. The molecule has 3 saturated carbocycles. The maximum atomic E-state index is 13.6. The number of benzene rings is 1. The van der Waals surface area contributed by atoms with Crippen LogP contribution in [0.5, 0.6) is 0 Å². The van der Waals surface area contributed by atoms with Crippen molar-refractivity contribution in [3.63, 3.8) is 0 Å². The van der Waals surface area contributed by atoms with E-state index in [4.69, 9.17) is 9.39 Å². The van der Waals surface area contributed by atoms with Gasteiger partial charge < -0.3 is 30.2 Å². The molecule has 8 nitrogen and oxygen atoms in total. The largest absolute Gasteiger partial charge is 0.492 e. The van der Waals surface area contributed by atoms with Gasteiger partial charge in [0.2, 0.25) is 0 Å². The Balaban J connectivity index is 1.24. The average molecular weight is 579 g/mol. The van der Waals surface area contributed by atoms with Crippen molar-refractivity contribution in [2.45, 2.75) is 90.4 Å². The van der Waals surface area contributed by atoms with Gasteiger partial charge in [-0.3, -0.25) is 9.59 Å². The molecule has 0 radical (unpaired) electrons. The molecule has 1 saturated heterocycles. The number of ketones is 1. The zero-order chi connectivity index (χ0) is 30.1. The Labute approximate surface area is 250 Å². The minimum atomic E-state index is -0.996. The van der Waals surface area contributed by atoms with Gasteiger partial charge in [0.1, 0.15) is 18.4 Å². The molecule has 228 valence electrons. The summed E-state index contributed by atoms with van der Waals surface area (Å²) in [6.45, 7) is 14.2. The lowest BCUT2D eigenvalue weighted by atomic mass is 9.44. The number of rotatable bonds is 5. The molecule has 3 aliphatic carbocycles. The van der Waals surface area contributed by atoms with Gasteiger partial charge in [0, 0.05) is 28.9 Å². The van der Waals surface area contributed by atoms with E-state index in [2.05, 4.69) is 38.0 Å². The first-order valence-corrected chi connectivity index (χ1v) is 15.9. The number of carbonyl (C=O) groups is 2. The molecular formula is C33H47BN2O6. The molecule has 0 aromatic heterocycles. The molecule has 1 spiro atoms. The number of esters is 1. The van der Waals surface area contributed by atoms with Gasteiger partial charge in [0.15, 0.2) is 0 Å². The number of nitrogens with one attached hydrogen (secondary N) is 2. The van der Waals surface area contributed by atoms with Gasteiger partial charge in [-0.05, 0) is 92.0 Å². The van der Waals surface area contributed by atoms with Gasteiger partial charge in [0.25, 0.3) is 0 Å². The summed E-state index contributed by atoms with van der Waals surface area (Å²) < 4.78 is 12.4. The normalized spacial score (nSPS) is 40.6. The van der Waals surface area contributed by atoms with E-state index < -0.39 is 41.7 Å². The highest BCUT2D eigenvalue weighted by Gasteiger charge is 2.68. The van der Waals surface area contributed by atoms with E-state index in [1.54, 1.807) is 0 Å². The molecule has 2 aliphatic heterocycles. The fourth-order valence-corrected chi connectivity index (χ4v) is 9.73. The number of anilines is 1. The van der Waals surface area contributed by atoms with Crippen molar-refractivity contribution in [2.75, 3.05) is 25.0 Å². The van der Waals surface area contributed by atoms with Crippen LogP contribution in [0.25, 0.3) is 0 Å². The van der Waals surface area contributed by atoms with Crippen LogP contribution in [-0.2, 0) is 24.6 Å². The molecule has 4 fully saturated rings. The van der Waals surface area contributed by atoms with Gasteiger partial charge in [-0.1, -0.05) is 39.8 Å². The number of ether oxygens (including phenoxy) is 1. The SMILES string of the molecule is C=C[C@]1(C)C[C@@H](OC(=O)CNc2ccc3c(c2)B(O)OC32CCNCC2)[C@]2(C)[C@H](C)CC[C@]3(CCC(=O)[C@H]32)[C@@H](C)[C@@H]1O. The first-order valence-electron chi connectivity index (χ1n) is 15.9. The minimum Gasteiger partial charge on any atom is -0.460 e. The summed E-state index contributed by atoms with van der Waals surface area (Å²) in [5.41, 5.74) is 0.483. The highest BCUT2D eigenvalue weighted by Crippen LogP contribution is 2.68. The third-order valence-electron chi connectivity index (χ3n) is 12.6. The van der Waals surface area contributed by atoms with Crippen LogP contribution in [0.1, 0.15) is 78.2 Å². The molecule has 6 rings (SSSR count). The van der Waals surface area contributed by atoms with E-state index in [0.717, 1.165) is 56.2 Å². The van der Waals surface area contributed by atoms with Gasteiger partial charge in [-0.25, -0.2) is 0 Å². The summed E-state index contributed by atoms with van der Waals surface area (Å²) in [4.78, 5) is 27.1. The maximum absolute atomic E-state index is 13.6. The van der Waals surface area contributed by atoms with Crippen molar-refractivity contribution in [1.29, 1.82) is 0 Å². The summed E-state index contributed by atoms with van der Waals surface area (Å²) in [5.74, 6) is -0.295. The Morgan fingerprint density at radius 1 is 1.24 bits per heavy atom. The highest BCUT2D eigenvalue weighted by molar-refractivity contribution is 6.62. The number of aliphatic hydroxyl groups is 1. The quantitative estimate of drug-likeness (QED) is 0.239. The Hall–Kier alpha value is -2.20. The second-order valence-electron chi connectivity index (χ2n) is 14.4. The van der Waals surface area contributed by atoms with E-state index in [-0.39, 0.29) is 35.5 Å². The Bertz CT molecular complexity index is 1270. The Morgan fingerprint density at radius 2 is 1.98 bits per heavy atom. The van der Waals surface area contributed by atoms with Crippen LogP contribution in [0.4, 0.5) is 5.69 Å². The molecule has 42 heavy (non-hydrogen) atoms. The van der Waals surface area contributed by atoms with Crippen LogP contribution in [0, 0.1) is 34.0 Å². The van der Waals surface area contributed by atoms with Crippen LogP contribution < -0.4 is 16.1 Å². The fraction of sp³-hybridized carbons (Fsp3) is 0.697. The lowest BCUT2D eigenvalue weighted by Gasteiger charge is -2.61. The molecular weight excluding hydrogens is 531 g/mol. The number of aliphatic hydroxyl groups excluding tert-OH is 1. The summed E-state index contributed by atoms with van der Waals surface area (Å²) in [6, 6.07) is 5.78. The first-order chi connectivity index (χ1) is 19.9.